The molecule has 0 heterocycles. The van der Waals surface area contributed by atoms with Gasteiger partial charge in [0.15, 0.2) is 0 Å². The maximum Gasteiger partial charge on any atom is 0.529 e. The molecule has 25 heavy (non-hydrogen) atoms. The monoisotopic (exact) mass is 374 g/mol. The van der Waals surface area contributed by atoms with Crippen LogP contribution in [0.4, 0.5) is 13.2 Å². The van der Waals surface area contributed by atoms with Crippen LogP contribution < -0.4 is 4.52 Å². The van der Waals surface area contributed by atoms with Crippen LogP contribution in [0, 0.1) is 13.8 Å². The molecule has 0 aromatic heterocycles. The first-order valence-corrected chi connectivity index (χ1v) is 8.76. The molecular formula is C17H18F3O4P. The predicted octanol–water partition coefficient (Wildman–Crippen LogP) is 5.77. The van der Waals surface area contributed by atoms with Gasteiger partial charge in [-0.05, 0) is 42.7 Å². The second-order valence-electron chi connectivity index (χ2n) is 5.37. The van der Waals surface area contributed by atoms with Crippen LogP contribution in [0.25, 0.3) is 11.1 Å². The number of aryl methyl sites for hydroxylation is 1. The van der Waals surface area contributed by atoms with Gasteiger partial charge in [0.25, 0.3) is 0 Å². The molecule has 0 aliphatic heterocycles. The minimum atomic E-state index is -4.47. The first-order chi connectivity index (χ1) is 11.6. The standard InChI is InChI=1S/C17H18F3O4P/c1-11-8-9-15(13-6-5-7-14(10-13)17(18,19)20)16(12(11)2)24-25(21,22-3)23-4/h5-10H,1-4H3. The molecule has 0 saturated carbocycles. The zero-order chi connectivity index (χ0) is 18.8. The fraction of sp³-hybridized carbons (Fsp3) is 0.294. The molecule has 0 unspecified atom stereocenters. The highest BCUT2D eigenvalue weighted by Crippen LogP contribution is 2.51. The molecule has 0 bridgehead atoms. The Morgan fingerprint density at radius 3 is 2.20 bits per heavy atom. The van der Waals surface area contributed by atoms with Gasteiger partial charge in [0, 0.05) is 19.8 Å². The molecule has 0 aliphatic carbocycles. The van der Waals surface area contributed by atoms with Crippen LogP contribution in [0.3, 0.4) is 0 Å². The summed E-state index contributed by atoms with van der Waals surface area (Å²) in [5.74, 6) is 0.159. The molecule has 0 atom stereocenters. The highest BCUT2D eigenvalue weighted by Gasteiger charge is 2.31. The summed E-state index contributed by atoms with van der Waals surface area (Å²) in [5.41, 5.74) is 1.32. The number of phosphoric ester groups is 1. The van der Waals surface area contributed by atoms with Crippen LogP contribution in [0.15, 0.2) is 36.4 Å². The molecular weight excluding hydrogens is 356 g/mol. The van der Waals surface area contributed by atoms with Crippen molar-refractivity contribution in [3.8, 4) is 16.9 Å². The first kappa shape index (κ1) is 19.5. The summed E-state index contributed by atoms with van der Waals surface area (Å²) in [6.45, 7) is 3.53. The molecule has 8 heteroatoms. The highest BCUT2D eigenvalue weighted by molar-refractivity contribution is 7.48. The minimum Gasteiger partial charge on any atom is -0.403 e. The fourth-order valence-electron chi connectivity index (χ4n) is 2.26. The van der Waals surface area contributed by atoms with Gasteiger partial charge >= 0.3 is 14.0 Å². The molecule has 0 spiro atoms. The Labute approximate surface area is 144 Å². The molecule has 4 nitrogen and oxygen atoms in total. The summed E-state index contributed by atoms with van der Waals surface area (Å²) in [4.78, 5) is 0. The lowest BCUT2D eigenvalue weighted by molar-refractivity contribution is -0.137. The maximum atomic E-state index is 13.0. The van der Waals surface area contributed by atoms with Gasteiger partial charge in [-0.3, -0.25) is 9.05 Å². The van der Waals surface area contributed by atoms with Gasteiger partial charge < -0.3 is 4.52 Å². The molecule has 2 rings (SSSR count). The predicted molar refractivity (Wildman–Crippen MR) is 88.6 cm³/mol. The van der Waals surface area contributed by atoms with Crippen LogP contribution >= 0.6 is 7.82 Å². The van der Waals surface area contributed by atoms with E-state index in [0.717, 1.165) is 17.7 Å². The van der Waals surface area contributed by atoms with E-state index in [1.807, 2.05) is 6.92 Å². The van der Waals surface area contributed by atoms with Crippen molar-refractivity contribution in [1.82, 2.24) is 0 Å². The number of hydrogen-bond donors (Lipinski definition) is 0. The number of phosphoric acid groups is 1. The number of rotatable bonds is 5. The molecule has 0 fully saturated rings. The topological polar surface area (TPSA) is 44.8 Å². The summed E-state index contributed by atoms with van der Waals surface area (Å²) in [5, 5.41) is 0. The number of halogens is 3. The van der Waals surface area contributed by atoms with E-state index >= 15 is 0 Å². The molecule has 0 N–H and O–H groups in total. The van der Waals surface area contributed by atoms with E-state index in [1.165, 1.54) is 26.4 Å². The Morgan fingerprint density at radius 2 is 1.64 bits per heavy atom. The van der Waals surface area contributed by atoms with E-state index in [2.05, 4.69) is 0 Å². The van der Waals surface area contributed by atoms with Gasteiger partial charge in [0.2, 0.25) is 0 Å². The molecule has 0 saturated heterocycles. The van der Waals surface area contributed by atoms with Crippen LogP contribution in [0.1, 0.15) is 16.7 Å². The van der Waals surface area contributed by atoms with Gasteiger partial charge in [-0.2, -0.15) is 13.2 Å². The van der Waals surface area contributed by atoms with Gasteiger partial charge in [0.1, 0.15) is 5.75 Å². The van der Waals surface area contributed by atoms with Gasteiger partial charge in [0.05, 0.1) is 5.56 Å². The number of benzene rings is 2. The van der Waals surface area contributed by atoms with Crippen molar-refractivity contribution in [1.29, 1.82) is 0 Å². The van der Waals surface area contributed by atoms with E-state index in [0.29, 0.717) is 11.1 Å². The van der Waals surface area contributed by atoms with E-state index in [1.54, 1.807) is 19.1 Å². The Balaban J connectivity index is 2.63. The third-order valence-electron chi connectivity index (χ3n) is 3.83. The Hall–Kier alpha value is -1.82. The van der Waals surface area contributed by atoms with Crippen molar-refractivity contribution < 1.29 is 31.3 Å². The van der Waals surface area contributed by atoms with Gasteiger partial charge in [-0.15, -0.1) is 0 Å². The van der Waals surface area contributed by atoms with Crippen molar-refractivity contribution in [2.24, 2.45) is 0 Å². The second kappa shape index (κ2) is 7.20. The summed E-state index contributed by atoms with van der Waals surface area (Å²) in [7, 11) is -1.53. The smallest absolute Gasteiger partial charge is 0.403 e. The molecule has 0 radical (unpaired) electrons. The lowest BCUT2D eigenvalue weighted by Crippen LogP contribution is -2.05. The largest absolute Gasteiger partial charge is 0.529 e. The zero-order valence-corrected chi connectivity index (χ0v) is 15.1. The van der Waals surface area contributed by atoms with Crippen molar-refractivity contribution in [3.63, 3.8) is 0 Å². The van der Waals surface area contributed by atoms with Crippen LogP contribution in [-0.2, 0) is 19.8 Å². The maximum absolute atomic E-state index is 13.0. The lowest BCUT2D eigenvalue weighted by atomic mass is 9.97. The average Bonchev–Trinajstić information content (AvgIpc) is 2.58. The molecule has 2 aromatic rings. The summed E-state index contributed by atoms with van der Waals surface area (Å²) in [6, 6.07) is 8.20. The number of alkyl halides is 3. The molecule has 0 aliphatic rings. The fourth-order valence-corrected chi connectivity index (χ4v) is 3.02. The van der Waals surface area contributed by atoms with Gasteiger partial charge in [-0.25, -0.2) is 4.57 Å². The minimum absolute atomic E-state index is 0.159. The Bertz CT molecular complexity index is 810. The highest BCUT2D eigenvalue weighted by atomic mass is 31.2. The van der Waals surface area contributed by atoms with E-state index < -0.39 is 19.6 Å². The van der Waals surface area contributed by atoms with Gasteiger partial charge in [-0.1, -0.05) is 24.3 Å². The summed E-state index contributed by atoms with van der Waals surface area (Å²) >= 11 is 0. The zero-order valence-electron chi connectivity index (χ0n) is 14.2. The van der Waals surface area contributed by atoms with Crippen LogP contribution in [0.2, 0.25) is 0 Å². The Kier molecular flexibility index (Phi) is 5.62. The van der Waals surface area contributed by atoms with E-state index in [4.69, 9.17) is 13.6 Å². The third kappa shape index (κ3) is 4.24. The lowest BCUT2D eigenvalue weighted by Gasteiger charge is -2.20. The molecule has 0 amide bonds. The van der Waals surface area contributed by atoms with Crippen molar-refractivity contribution in [2.45, 2.75) is 20.0 Å². The average molecular weight is 374 g/mol. The second-order valence-corrected chi connectivity index (χ2v) is 7.17. The quantitative estimate of drug-likeness (QED) is 0.624. The summed E-state index contributed by atoms with van der Waals surface area (Å²) in [6.07, 6.45) is -4.47. The van der Waals surface area contributed by atoms with Crippen molar-refractivity contribution in [2.75, 3.05) is 14.2 Å². The normalized spacial score (nSPS) is 12.3. The SMILES string of the molecule is COP(=O)(OC)Oc1c(-c2cccc(C(F)(F)F)c2)ccc(C)c1C. The van der Waals surface area contributed by atoms with Crippen LogP contribution in [-0.4, -0.2) is 14.2 Å². The molecule has 2 aromatic carbocycles. The summed E-state index contributed by atoms with van der Waals surface area (Å²) < 4.78 is 66.3. The van der Waals surface area contributed by atoms with Crippen molar-refractivity contribution >= 4 is 7.82 Å². The Morgan fingerprint density at radius 1 is 1.00 bits per heavy atom. The van der Waals surface area contributed by atoms with E-state index in [-0.39, 0.29) is 11.3 Å². The van der Waals surface area contributed by atoms with Crippen LogP contribution in [0.5, 0.6) is 5.75 Å². The number of hydrogen-bond acceptors (Lipinski definition) is 4. The van der Waals surface area contributed by atoms with Crippen molar-refractivity contribution in [3.05, 3.63) is 53.1 Å². The first-order valence-electron chi connectivity index (χ1n) is 7.30. The third-order valence-corrected chi connectivity index (χ3v) is 5.13. The molecule has 136 valence electrons. The van der Waals surface area contributed by atoms with E-state index in [9.17, 15) is 17.7 Å².